The zero-order chi connectivity index (χ0) is 18.3. The van der Waals surface area contributed by atoms with Crippen molar-refractivity contribution in [2.75, 3.05) is 31.2 Å². The molecule has 1 atom stereocenters. The highest BCUT2D eigenvalue weighted by atomic mass is 32.2. The minimum Gasteiger partial charge on any atom is -0.344 e. The Bertz CT molecular complexity index is 563. The fourth-order valence-electron chi connectivity index (χ4n) is 2.10. The smallest absolute Gasteiger partial charge is 0.235 e. The molecule has 0 radical (unpaired) electrons. The second-order valence-corrected chi connectivity index (χ2v) is 7.90. The van der Waals surface area contributed by atoms with Crippen molar-refractivity contribution in [2.24, 2.45) is 11.1 Å². The molecule has 0 fully saturated rings. The minimum absolute atomic E-state index is 0.0314. The lowest BCUT2D eigenvalue weighted by molar-refractivity contribution is -0.130. The van der Waals surface area contributed by atoms with E-state index in [9.17, 15) is 14.0 Å². The fraction of sp³-hybridized carbons (Fsp3) is 0.529. The van der Waals surface area contributed by atoms with Crippen LogP contribution in [-0.4, -0.2) is 47.9 Å². The van der Waals surface area contributed by atoms with Crippen LogP contribution in [0.2, 0.25) is 0 Å². The van der Waals surface area contributed by atoms with Crippen molar-refractivity contribution in [1.82, 2.24) is 4.90 Å². The second kappa shape index (κ2) is 9.03. The molecule has 2 amide bonds. The summed E-state index contributed by atoms with van der Waals surface area (Å²) >= 11 is 1.27. The predicted molar refractivity (Wildman–Crippen MR) is 97.4 cm³/mol. The molecule has 7 heteroatoms. The molecule has 0 spiro atoms. The number of nitrogens with zero attached hydrogens (tertiary/aromatic N) is 1. The standard InChI is InChI=1S/C17H26FN3O2S/c1-12(16(23)21(4)11-17(2,3)10-19)24-9-15(22)20-14-7-5-13(18)6-8-14/h5-8,12H,9-11,19H2,1-4H3,(H,20,22). The lowest BCUT2D eigenvalue weighted by atomic mass is 9.93. The van der Waals surface area contributed by atoms with Gasteiger partial charge >= 0.3 is 0 Å². The third-order valence-corrected chi connectivity index (χ3v) is 4.66. The van der Waals surface area contributed by atoms with Crippen molar-refractivity contribution in [1.29, 1.82) is 0 Å². The number of hydrogen-bond acceptors (Lipinski definition) is 4. The number of nitrogens with two attached hydrogens (primary N) is 1. The first-order valence-corrected chi connectivity index (χ1v) is 8.81. The van der Waals surface area contributed by atoms with Crippen molar-refractivity contribution in [3.63, 3.8) is 0 Å². The molecule has 1 unspecified atom stereocenters. The molecule has 0 bridgehead atoms. The van der Waals surface area contributed by atoms with Gasteiger partial charge in [0.2, 0.25) is 11.8 Å². The van der Waals surface area contributed by atoms with E-state index in [0.717, 1.165) is 0 Å². The van der Waals surface area contributed by atoms with Gasteiger partial charge in [0.05, 0.1) is 11.0 Å². The molecular formula is C17H26FN3O2S. The lowest BCUT2D eigenvalue weighted by Gasteiger charge is -2.30. The van der Waals surface area contributed by atoms with Crippen LogP contribution in [-0.2, 0) is 9.59 Å². The van der Waals surface area contributed by atoms with Crippen molar-refractivity contribution in [2.45, 2.75) is 26.0 Å². The van der Waals surface area contributed by atoms with Gasteiger partial charge in [0.15, 0.2) is 0 Å². The summed E-state index contributed by atoms with van der Waals surface area (Å²) in [4.78, 5) is 25.9. The molecule has 0 aliphatic rings. The van der Waals surface area contributed by atoms with Crippen molar-refractivity contribution in [3.8, 4) is 0 Å². The van der Waals surface area contributed by atoms with Gasteiger partial charge in [0.1, 0.15) is 5.82 Å². The first kappa shape index (κ1) is 20.4. The molecule has 0 saturated carbocycles. The van der Waals surface area contributed by atoms with Gasteiger partial charge in [-0.2, -0.15) is 0 Å². The van der Waals surface area contributed by atoms with Crippen LogP contribution in [0.4, 0.5) is 10.1 Å². The summed E-state index contributed by atoms with van der Waals surface area (Å²) in [6, 6.07) is 5.55. The third kappa shape index (κ3) is 6.88. The normalized spacial score (nSPS) is 12.6. The minimum atomic E-state index is -0.356. The average molecular weight is 355 g/mol. The van der Waals surface area contributed by atoms with Crippen molar-refractivity contribution in [3.05, 3.63) is 30.1 Å². The number of carbonyl (C=O) groups excluding carboxylic acids is 2. The number of halogens is 1. The summed E-state index contributed by atoms with van der Waals surface area (Å²) in [6.45, 7) is 6.85. The number of benzene rings is 1. The zero-order valence-corrected chi connectivity index (χ0v) is 15.5. The van der Waals surface area contributed by atoms with E-state index in [1.807, 2.05) is 13.8 Å². The fourth-order valence-corrected chi connectivity index (χ4v) is 2.89. The summed E-state index contributed by atoms with van der Waals surface area (Å²) in [5, 5.41) is 2.34. The van der Waals surface area contributed by atoms with E-state index in [1.165, 1.54) is 36.0 Å². The average Bonchev–Trinajstić information content (AvgIpc) is 2.53. The van der Waals surface area contributed by atoms with Crippen molar-refractivity contribution >= 4 is 29.3 Å². The monoisotopic (exact) mass is 355 g/mol. The molecule has 1 aromatic carbocycles. The molecule has 134 valence electrons. The quantitative estimate of drug-likeness (QED) is 0.750. The number of carbonyl (C=O) groups is 2. The summed E-state index contributed by atoms with van der Waals surface area (Å²) in [6.07, 6.45) is 0. The zero-order valence-electron chi connectivity index (χ0n) is 14.6. The van der Waals surface area contributed by atoms with E-state index in [2.05, 4.69) is 5.32 Å². The number of hydrogen-bond donors (Lipinski definition) is 2. The van der Waals surface area contributed by atoms with Gasteiger partial charge in [0.25, 0.3) is 0 Å². The summed E-state index contributed by atoms with van der Waals surface area (Å²) in [5.74, 6) is -0.462. The molecule has 0 aliphatic heterocycles. The first-order chi connectivity index (χ1) is 11.1. The van der Waals surface area contributed by atoms with E-state index >= 15 is 0 Å². The number of anilines is 1. The van der Waals surface area contributed by atoms with Crippen LogP contribution < -0.4 is 11.1 Å². The molecule has 0 aromatic heterocycles. The number of nitrogens with one attached hydrogen (secondary N) is 1. The molecule has 0 heterocycles. The van der Waals surface area contributed by atoms with E-state index in [-0.39, 0.29) is 34.0 Å². The van der Waals surface area contributed by atoms with Gasteiger partial charge in [-0.3, -0.25) is 9.59 Å². The molecule has 5 nitrogen and oxygen atoms in total. The Hall–Kier alpha value is -1.60. The lowest BCUT2D eigenvalue weighted by Crippen LogP contribution is -2.42. The molecule has 1 rings (SSSR count). The highest BCUT2D eigenvalue weighted by Gasteiger charge is 2.24. The summed E-state index contributed by atoms with van der Waals surface area (Å²) in [5.41, 5.74) is 6.08. The molecule has 24 heavy (non-hydrogen) atoms. The number of amides is 2. The van der Waals surface area contributed by atoms with Gasteiger partial charge in [-0.05, 0) is 43.1 Å². The largest absolute Gasteiger partial charge is 0.344 e. The highest BCUT2D eigenvalue weighted by Crippen LogP contribution is 2.18. The molecule has 0 aliphatic carbocycles. The van der Waals surface area contributed by atoms with Crippen molar-refractivity contribution < 1.29 is 14.0 Å². The Kier molecular flexibility index (Phi) is 7.69. The Morgan fingerprint density at radius 1 is 1.33 bits per heavy atom. The number of rotatable bonds is 8. The maximum atomic E-state index is 12.8. The third-order valence-electron chi connectivity index (χ3n) is 3.53. The van der Waals surface area contributed by atoms with Crippen LogP contribution in [0.5, 0.6) is 0 Å². The van der Waals surface area contributed by atoms with Crippen LogP contribution in [0.15, 0.2) is 24.3 Å². The van der Waals surface area contributed by atoms with E-state index in [4.69, 9.17) is 5.73 Å². The predicted octanol–water partition coefficient (Wildman–Crippen LogP) is 2.33. The Balaban J connectivity index is 2.43. The van der Waals surface area contributed by atoms with Crippen LogP contribution >= 0.6 is 11.8 Å². The van der Waals surface area contributed by atoms with Crippen LogP contribution in [0.3, 0.4) is 0 Å². The maximum Gasteiger partial charge on any atom is 0.235 e. The maximum absolute atomic E-state index is 12.8. The van der Waals surface area contributed by atoms with Gasteiger partial charge in [-0.15, -0.1) is 11.8 Å². The SMILES string of the molecule is CC(SCC(=O)Nc1ccc(F)cc1)C(=O)N(C)CC(C)(C)CN. The van der Waals surface area contributed by atoms with E-state index in [0.29, 0.717) is 18.8 Å². The highest BCUT2D eigenvalue weighted by molar-refractivity contribution is 8.01. The van der Waals surface area contributed by atoms with Gasteiger partial charge in [-0.1, -0.05) is 13.8 Å². The van der Waals surface area contributed by atoms with Gasteiger partial charge in [-0.25, -0.2) is 4.39 Å². The molecule has 0 saturated heterocycles. The molecule has 3 N–H and O–H groups in total. The van der Waals surface area contributed by atoms with Crippen LogP contribution in [0, 0.1) is 11.2 Å². The number of thioether (sulfide) groups is 1. The van der Waals surface area contributed by atoms with E-state index < -0.39 is 0 Å². The topological polar surface area (TPSA) is 75.4 Å². The summed E-state index contributed by atoms with van der Waals surface area (Å²) in [7, 11) is 1.75. The Morgan fingerprint density at radius 3 is 2.46 bits per heavy atom. The second-order valence-electron chi connectivity index (χ2n) is 6.57. The van der Waals surface area contributed by atoms with Crippen LogP contribution in [0.1, 0.15) is 20.8 Å². The Labute approximate surface area is 147 Å². The molecule has 1 aromatic rings. The first-order valence-electron chi connectivity index (χ1n) is 7.76. The Morgan fingerprint density at radius 2 is 1.92 bits per heavy atom. The molecular weight excluding hydrogens is 329 g/mol. The summed E-state index contributed by atoms with van der Waals surface area (Å²) < 4.78 is 12.8. The van der Waals surface area contributed by atoms with Crippen LogP contribution in [0.25, 0.3) is 0 Å². The van der Waals surface area contributed by atoms with E-state index in [1.54, 1.807) is 18.9 Å². The van der Waals surface area contributed by atoms with Gasteiger partial charge < -0.3 is 16.0 Å². The van der Waals surface area contributed by atoms with Gasteiger partial charge in [0, 0.05) is 19.3 Å².